The molecule has 2 aliphatic heterocycles. The molecule has 4 N–H and O–H groups in total. The Morgan fingerprint density at radius 3 is 2.37 bits per heavy atom. The lowest BCUT2D eigenvalue weighted by Gasteiger charge is -2.26. The molecule has 2 aromatic carbocycles. The summed E-state index contributed by atoms with van der Waals surface area (Å²) in [6.45, 7) is 8.65. The van der Waals surface area contributed by atoms with Crippen LogP contribution < -0.4 is 21.3 Å². The molecule has 2 fully saturated rings. The Labute approximate surface area is 315 Å². The van der Waals surface area contributed by atoms with E-state index in [0.717, 1.165) is 84.3 Å². The number of hydrogen-bond acceptors (Lipinski definition) is 8. The lowest BCUT2D eigenvalue weighted by molar-refractivity contribution is 0.0904. The molecule has 2 aliphatic rings. The van der Waals surface area contributed by atoms with Gasteiger partial charge < -0.3 is 26.0 Å². The molecule has 0 saturated carbocycles. The lowest BCUT2D eigenvalue weighted by Crippen LogP contribution is -2.30. The molecule has 0 spiro atoms. The van der Waals surface area contributed by atoms with Crippen molar-refractivity contribution < 1.29 is 18.7 Å². The van der Waals surface area contributed by atoms with Gasteiger partial charge in [0.05, 0.1) is 17.3 Å². The molecule has 282 valence electrons. The third-order valence-electron chi connectivity index (χ3n) is 10.5. The van der Waals surface area contributed by atoms with Crippen LogP contribution in [0.15, 0.2) is 66.9 Å². The molecular formula is C42H49FN8O3. The van der Waals surface area contributed by atoms with Gasteiger partial charge in [-0.15, -0.1) is 0 Å². The maximum atomic E-state index is 15.1. The van der Waals surface area contributed by atoms with Crippen LogP contribution in [-0.4, -0.2) is 63.9 Å². The molecule has 11 nitrogen and oxygen atoms in total. The maximum absolute atomic E-state index is 15.1. The highest BCUT2D eigenvalue weighted by molar-refractivity contribution is 5.97. The Morgan fingerprint density at radius 1 is 0.889 bits per heavy atom. The summed E-state index contributed by atoms with van der Waals surface area (Å²) >= 11 is 0. The van der Waals surface area contributed by atoms with E-state index in [0.29, 0.717) is 37.7 Å². The van der Waals surface area contributed by atoms with Gasteiger partial charge in [-0.2, -0.15) is 5.10 Å². The number of aromatic nitrogens is 4. The van der Waals surface area contributed by atoms with Gasteiger partial charge in [0.15, 0.2) is 5.65 Å². The van der Waals surface area contributed by atoms with E-state index in [9.17, 15) is 9.59 Å². The quantitative estimate of drug-likeness (QED) is 0.112. The van der Waals surface area contributed by atoms with Crippen LogP contribution in [0.25, 0.3) is 22.2 Å². The molecule has 3 aromatic heterocycles. The average Bonchev–Trinajstić information content (AvgIpc) is 3.63. The SMILES string of the molecule is CCc1nc2c(cnn2CC)c(NC2CCOCC2)c1CNC(=O)c1cccc(C(=O)NCc2ccc(F)c(-c3cccc(CC4CCNCC4)c3)c2)n1. The van der Waals surface area contributed by atoms with E-state index in [1.807, 2.05) is 29.9 Å². The number of carbonyl (C=O) groups excluding carboxylic acids is 2. The van der Waals surface area contributed by atoms with Crippen molar-refractivity contribution in [2.75, 3.05) is 31.6 Å². The molecule has 5 aromatic rings. The van der Waals surface area contributed by atoms with Gasteiger partial charge in [-0.3, -0.25) is 9.59 Å². The fourth-order valence-corrected chi connectivity index (χ4v) is 7.51. The largest absolute Gasteiger partial charge is 0.381 e. The summed E-state index contributed by atoms with van der Waals surface area (Å²) in [6, 6.07) is 18.0. The summed E-state index contributed by atoms with van der Waals surface area (Å²) in [6.07, 6.45) is 7.54. The van der Waals surface area contributed by atoms with E-state index in [1.165, 1.54) is 11.6 Å². The normalized spacial score (nSPS) is 15.3. The monoisotopic (exact) mass is 732 g/mol. The number of halogens is 1. The van der Waals surface area contributed by atoms with E-state index < -0.39 is 11.8 Å². The maximum Gasteiger partial charge on any atom is 0.270 e. The van der Waals surface area contributed by atoms with E-state index >= 15 is 4.39 Å². The number of nitrogens with one attached hydrogen (secondary N) is 4. The van der Waals surface area contributed by atoms with Gasteiger partial charge >= 0.3 is 0 Å². The first kappa shape index (κ1) is 37.1. The highest BCUT2D eigenvalue weighted by Crippen LogP contribution is 2.32. The molecule has 2 amide bonds. The van der Waals surface area contributed by atoms with Crippen LogP contribution in [0.4, 0.5) is 10.1 Å². The third-order valence-corrected chi connectivity index (χ3v) is 10.5. The molecule has 0 bridgehead atoms. The van der Waals surface area contributed by atoms with E-state index in [2.05, 4.69) is 50.4 Å². The minimum absolute atomic E-state index is 0.113. The smallest absolute Gasteiger partial charge is 0.270 e. The predicted molar refractivity (Wildman–Crippen MR) is 208 cm³/mol. The van der Waals surface area contributed by atoms with Gasteiger partial charge in [0.2, 0.25) is 0 Å². The summed E-state index contributed by atoms with van der Waals surface area (Å²) in [5, 5.41) is 18.5. The van der Waals surface area contributed by atoms with Crippen LogP contribution in [0.1, 0.15) is 82.9 Å². The number of anilines is 1. The van der Waals surface area contributed by atoms with E-state index in [-0.39, 0.29) is 36.3 Å². The van der Waals surface area contributed by atoms with Crippen LogP contribution in [0.2, 0.25) is 0 Å². The number of piperidine rings is 1. The van der Waals surface area contributed by atoms with Crippen molar-refractivity contribution in [1.29, 1.82) is 0 Å². The lowest BCUT2D eigenvalue weighted by atomic mass is 9.90. The van der Waals surface area contributed by atoms with Crippen LogP contribution in [0, 0.1) is 11.7 Å². The second-order valence-corrected chi connectivity index (χ2v) is 14.2. The molecule has 5 heterocycles. The topological polar surface area (TPSA) is 135 Å². The first-order valence-electron chi connectivity index (χ1n) is 19.2. The summed E-state index contributed by atoms with van der Waals surface area (Å²) in [7, 11) is 0. The zero-order chi connectivity index (χ0) is 37.4. The average molecular weight is 733 g/mol. The van der Waals surface area contributed by atoms with Crippen molar-refractivity contribution >= 4 is 28.5 Å². The Balaban J connectivity index is 1.02. The van der Waals surface area contributed by atoms with Crippen molar-refractivity contribution in [3.8, 4) is 11.1 Å². The number of carbonyl (C=O) groups is 2. The van der Waals surface area contributed by atoms with Crippen molar-refractivity contribution in [2.45, 2.75) is 78.0 Å². The van der Waals surface area contributed by atoms with Crippen LogP contribution >= 0.6 is 0 Å². The molecule has 0 aliphatic carbocycles. The van der Waals surface area contributed by atoms with Crippen molar-refractivity contribution in [1.82, 2.24) is 35.7 Å². The van der Waals surface area contributed by atoms with Crippen molar-refractivity contribution in [3.63, 3.8) is 0 Å². The highest BCUT2D eigenvalue weighted by atomic mass is 19.1. The van der Waals surface area contributed by atoms with Gasteiger partial charge in [0, 0.05) is 55.7 Å². The van der Waals surface area contributed by atoms with Gasteiger partial charge in [0.25, 0.3) is 11.8 Å². The Morgan fingerprint density at radius 2 is 1.63 bits per heavy atom. The van der Waals surface area contributed by atoms with Gasteiger partial charge in [-0.1, -0.05) is 43.3 Å². The molecule has 7 rings (SSSR count). The van der Waals surface area contributed by atoms with Crippen molar-refractivity contribution in [3.05, 3.63) is 106 Å². The van der Waals surface area contributed by atoms with Crippen LogP contribution in [0.5, 0.6) is 0 Å². The minimum Gasteiger partial charge on any atom is -0.381 e. The summed E-state index contributed by atoms with van der Waals surface area (Å²) in [5.41, 5.74) is 7.03. The second kappa shape index (κ2) is 17.3. The van der Waals surface area contributed by atoms with Crippen LogP contribution in [0.3, 0.4) is 0 Å². The van der Waals surface area contributed by atoms with Crippen molar-refractivity contribution in [2.24, 2.45) is 5.92 Å². The number of ether oxygens (including phenoxy) is 1. The zero-order valence-electron chi connectivity index (χ0n) is 31.1. The number of rotatable bonds is 13. The first-order valence-corrected chi connectivity index (χ1v) is 19.2. The van der Waals surface area contributed by atoms with E-state index in [1.54, 1.807) is 30.3 Å². The van der Waals surface area contributed by atoms with Gasteiger partial charge in [0.1, 0.15) is 17.2 Å². The molecule has 12 heteroatoms. The van der Waals surface area contributed by atoms with Crippen LogP contribution in [-0.2, 0) is 37.2 Å². The summed E-state index contributed by atoms with van der Waals surface area (Å²) < 4.78 is 22.6. The standard InChI is InChI=1S/C42H49FN8O3/c1-3-36-33(39(48-31-15-19-54-20-16-31)34-26-47-51(4-2)40(34)50-36)25-46-42(53)38-10-6-9-37(49-38)41(52)45-24-29-11-12-35(43)32(23-29)30-8-5-7-28(22-30)21-27-13-17-44-18-14-27/h5-12,22-23,26-27,31,44H,3-4,13-21,24-25H2,1-2H3,(H,45,52)(H,46,53)(H,48,50). The molecule has 0 atom stereocenters. The molecular weight excluding hydrogens is 684 g/mol. The Hall–Kier alpha value is -5.20. The minimum atomic E-state index is -0.432. The number of pyridine rings is 2. The van der Waals surface area contributed by atoms with E-state index in [4.69, 9.17) is 9.72 Å². The summed E-state index contributed by atoms with van der Waals surface area (Å²) in [4.78, 5) is 36.2. The number of hydrogen-bond donors (Lipinski definition) is 4. The molecule has 0 unspecified atom stereocenters. The number of amides is 2. The fourth-order valence-electron chi connectivity index (χ4n) is 7.51. The molecule has 2 saturated heterocycles. The summed E-state index contributed by atoms with van der Waals surface area (Å²) in [5.74, 6) is -0.521. The first-order chi connectivity index (χ1) is 26.4. The zero-order valence-corrected chi connectivity index (χ0v) is 31.1. The molecule has 54 heavy (non-hydrogen) atoms. The number of benzene rings is 2. The second-order valence-electron chi connectivity index (χ2n) is 14.2. The Bertz CT molecular complexity index is 2110. The predicted octanol–water partition coefficient (Wildman–Crippen LogP) is 6.21. The highest BCUT2D eigenvalue weighted by Gasteiger charge is 2.23. The van der Waals surface area contributed by atoms with Gasteiger partial charge in [-0.05, 0) is 105 Å². The fraction of sp³-hybridized carbons (Fsp3) is 0.405. The molecule has 0 radical (unpaired) electrons. The Kier molecular flexibility index (Phi) is 11.9. The number of fused-ring (bicyclic) bond motifs is 1. The number of nitrogens with zero attached hydrogens (tertiary/aromatic N) is 4. The third kappa shape index (κ3) is 8.61. The van der Waals surface area contributed by atoms with Gasteiger partial charge in [-0.25, -0.2) is 19.0 Å². The number of aryl methyl sites for hydroxylation is 2.